The standard InChI is InChI=1S/C12H20O2/c1-5-6-7-9(2)10-8-11(13)12(3,4)14-10/h7,10H,5-6,8H2,1-4H3. The lowest BCUT2D eigenvalue weighted by molar-refractivity contribution is -0.129. The van der Waals surface area contributed by atoms with Crippen LogP contribution in [0.2, 0.25) is 0 Å². The molecule has 0 bridgehead atoms. The smallest absolute Gasteiger partial charge is 0.167 e. The molecule has 0 aromatic rings. The summed E-state index contributed by atoms with van der Waals surface area (Å²) in [6, 6.07) is 0. The van der Waals surface area contributed by atoms with Crippen molar-refractivity contribution in [3.63, 3.8) is 0 Å². The molecule has 1 fully saturated rings. The van der Waals surface area contributed by atoms with Gasteiger partial charge in [0.25, 0.3) is 0 Å². The van der Waals surface area contributed by atoms with Crippen molar-refractivity contribution in [2.24, 2.45) is 0 Å². The number of Topliss-reactive ketones (excluding diaryl/α,β-unsaturated/α-hetero) is 1. The molecule has 1 aliphatic heterocycles. The Morgan fingerprint density at radius 2 is 2.29 bits per heavy atom. The molecule has 0 N–H and O–H groups in total. The van der Waals surface area contributed by atoms with Gasteiger partial charge in [-0.3, -0.25) is 4.79 Å². The summed E-state index contributed by atoms with van der Waals surface area (Å²) in [5, 5.41) is 0. The zero-order valence-corrected chi connectivity index (χ0v) is 9.59. The lowest BCUT2D eigenvalue weighted by Crippen LogP contribution is -2.27. The molecule has 2 heteroatoms. The minimum atomic E-state index is -0.577. The van der Waals surface area contributed by atoms with Gasteiger partial charge in [0.1, 0.15) is 5.60 Å². The van der Waals surface area contributed by atoms with E-state index in [2.05, 4.69) is 19.9 Å². The Labute approximate surface area is 86.3 Å². The molecule has 1 atom stereocenters. The van der Waals surface area contributed by atoms with Gasteiger partial charge in [0, 0.05) is 6.42 Å². The minimum absolute atomic E-state index is 0.0176. The predicted molar refractivity (Wildman–Crippen MR) is 57.2 cm³/mol. The summed E-state index contributed by atoms with van der Waals surface area (Å²) in [7, 11) is 0. The van der Waals surface area contributed by atoms with E-state index in [0.717, 1.165) is 12.8 Å². The molecule has 1 aliphatic rings. The first kappa shape index (κ1) is 11.4. The summed E-state index contributed by atoms with van der Waals surface area (Å²) in [6.45, 7) is 7.90. The topological polar surface area (TPSA) is 26.3 Å². The first-order valence-electron chi connectivity index (χ1n) is 5.35. The number of allylic oxidation sites excluding steroid dienone is 1. The third-order valence-electron chi connectivity index (χ3n) is 2.74. The fourth-order valence-electron chi connectivity index (χ4n) is 1.63. The van der Waals surface area contributed by atoms with Crippen LogP contribution < -0.4 is 0 Å². The maximum atomic E-state index is 11.5. The van der Waals surface area contributed by atoms with Crippen molar-refractivity contribution < 1.29 is 9.53 Å². The molecule has 0 radical (unpaired) electrons. The summed E-state index contributed by atoms with van der Waals surface area (Å²) in [4.78, 5) is 11.5. The average molecular weight is 196 g/mol. The van der Waals surface area contributed by atoms with E-state index in [0.29, 0.717) is 6.42 Å². The van der Waals surface area contributed by atoms with E-state index < -0.39 is 5.60 Å². The van der Waals surface area contributed by atoms with Crippen LogP contribution in [-0.2, 0) is 9.53 Å². The van der Waals surface area contributed by atoms with E-state index in [-0.39, 0.29) is 11.9 Å². The number of hydrogen-bond acceptors (Lipinski definition) is 2. The Morgan fingerprint density at radius 1 is 1.64 bits per heavy atom. The fraction of sp³-hybridized carbons (Fsp3) is 0.750. The zero-order chi connectivity index (χ0) is 10.8. The number of ether oxygens (including phenoxy) is 1. The summed E-state index contributed by atoms with van der Waals surface area (Å²) in [6.07, 6.45) is 4.95. The van der Waals surface area contributed by atoms with Crippen LogP contribution in [0.25, 0.3) is 0 Å². The minimum Gasteiger partial charge on any atom is -0.360 e. The molecule has 2 nitrogen and oxygen atoms in total. The van der Waals surface area contributed by atoms with Crippen molar-refractivity contribution in [1.29, 1.82) is 0 Å². The monoisotopic (exact) mass is 196 g/mol. The van der Waals surface area contributed by atoms with E-state index in [1.54, 1.807) is 0 Å². The first-order chi connectivity index (χ1) is 6.47. The molecule has 0 aliphatic carbocycles. The Balaban J connectivity index is 2.61. The molecule has 0 saturated carbocycles. The highest BCUT2D eigenvalue weighted by Gasteiger charge is 2.40. The van der Waals surface area contributed by atoms with Gasteiger partial charge in [-0.05, 0) is 32.8 Å². The van der Waals surface area contributed by atoms with Gasteiger partial charge >= 0.3 is 0 Å². The first-order valence-corrected chi connectivity index (χ1v) is 5.35. The second-order valence-electron chi connectivity index (χ2n) is 4.48. The van der Waals surface area contributed by atoms with Gasteiger partial charge in [-0.25, -0.2) is 0 Å². The number of hydrogen-bond donors (Lipinski definition) is 0. The van der Waals surface area contributed by atoms with Gasteiger partial charge in [0.15, 0.2) is 5.78 Å². The Kier molecular flexibility index (Phi) is 3.48. The van der Waals surface area contributed by atoms with Crippen molar-refractivity contribution in [1.82, 2.24) is 0 Å². The van der Waals surface area contributed by atoms with E-state index in [9.17, 15) is 4.79 Å². The second kappa shape index (κ2) is 4.26. The third-order valence-corrected chi connectivity index (χ3v) is 2.74. The Morgan fingerprint density at radius 3 is 2.71 bits per heavy atom. The largest absolute Gasteiger partial charge is 0.360 e. The number of rotatable bonds is 3. The van der Waals surface area contributed by atoms with E-state index in [1.807, 2.05) is 13.8 Å². The highest BCUT2D eigenvalue weighted by molar-refractivity contribution is 5.89. The van der Waals surface area contributed by atoms with Gasteiger partial charge in [-0.15, -0.1) is 0 Å². The lowest BCUT2D eigenvalue weighted by Gasteiger charge is -2.17. The van der Waals surface area contributed by atoms with Crippen LogP contribution in [0.4, 0.5) is 0 Å². The van der Waals surface area contributed by atoms with Crippen molar-refractivity contribution >= 4 is 5.78 Å². The van der Waals surface area contributed by atoms with Gasteiger partial charge in [0.2, 0.25) is 0 Å². The van der Waals surface area contributed by atoms with Crippen LogP contribution >= 0.6 is 0 Å². The van der Waals surface area contributed by atoms with Crippen molar-refractivity contribution in [3.05, 3.63) is 11.6 Å². The quantitative estimate of drug-likeness (QED) is 0.649. The molecule has 0 amide bonds. The lowest BCUT2D eigenvalue weighted by atomic mass is 10.0. The molecule has 14 heavy (non-hydrogen) atoms. The van der Waals surface area contributed by atoms with Crippen LogP contribution in [0, 0.1) is 0 Å². The van der Waals surface area contributed by atoms with Gasteiger partial charge in [0.05, 0.1) is 6.10 Å². The maximum Gasteiger partial charge on any atom is 0.167 e. The van der Waals surface area contributed by atoms with Crippen LogP contribution in [-0.4, -0.2) is 17.5 Å². The van der Waals surface area contributed by atoms with Crippen molar-refractivity contribution in [2.45, 2.75) is 58.7 Å². The molecule has 1 unspecified atom stereocenters. The summed E-state index contributed by atoms with van der Waals surface area (Å²) >= 11 is 0. The van der Waals surface area contributed by atoms with Gasteiger partial charge < -0.3 is 4.74 Å². The molecular weight excluding hydrogens is 176 g/mol. The van der Waals surface area contributed by atoms with Crippen LogP contribution in [0.5, 0.6) is 0 Å². The zero-order valence-electron chi connectivity index (χ0n) is 9.59. The molecule has 0 spiro atoms. The number of ketones is 1. The molecule has 80 valence electrons. The number of carbonyl (C=O) groups excluding carboxylic acids is 1. The van der Waals surface area contributed by atoms with Crippen molar-refractivity contribution in [3.8, 4) is 0 Å². The van der Waals surface area contributed by atoms with Gasteiger partial charge in [-0.2, -0.15) is 0 Å². The molecule has 0 aromatic heterocycles. The number of carbonyl (C=O) groups is 1. The highest BCUT2D eigenvalue weighted by atomic mass is 16.5. The molecule has 1 rings (SSSR count). The highest BCUT2D eigenvalue weighted by Crippen LogP contribution is 2.30. The maximum absolute atomic E-state index is 11.5. The summed E-state index contributed by atoms with van der Waals surface area (Å²) in [5.74, 6) is 0.215. The summed E-state index contributed by atoms with van der Waals surface area (Å²) < 4.78 is 5.70. The third kappa shape index (κ3) is 2.44. The Hall–Kier alpha value is -0.630. The number of unbranched alkanes of at least 4 members (excludes halogenated alkanes) is 1. The molecule has 1 saturated heterocycles. The predicted octanol–water partition coefficient (Wildman–Crippen LogP) is 2.87. The SMILES string of the molecule is CCCC=C(C)C1CC(=O)C(C)(C)O1. The normalized spacial score (nSPS) is 27.0. The van der Waals surface area contributed by atoms with E-state index >= 15 is 0 Å². The van der Waals surface area contributed by atoms with Gasteiger partial charge in [-0.1, -0.05) is 19.4 Å². The van der Waals surface area contributed by atoms with Crippen LogP contribution in [0.15, 0.2) is 11.6 Å². The molecular formula is C12H20O2. The van der Waals surface area contributed by atoms with E-state index in [4.69, 9.17) is 4.74 Å². The fourth-order valence-corrected chi connectivity index (χ4v) is 1.63. The Bertz CT molecular complexity index is 251. The average Bonchev–Trinajstić information content (AvgIpc) is 2.37. The molecule has 0 aromatic carbocycles. The van der Waals surface area contributed by atoms with Crippen molar-refractivity contribution in [2.75, 3.05) is 0 Å². The second-order valence-corrected chi connectivity index (χ2v) is 4.48. The molecule has 1 heterocycles. The summed E-state index contributed by atoms with van der Waals surface area (Å²) in [5.41, 5.74) is 0.622. The van der Waals surface area contributed by atoms with Crippen LogP contribution in [0.1, 0.15) is 47.0 Å². The van der Waals surface area contributed by atoms with E-state index in [1.165, 1.54) is 5.57 Å². The van der Waals surface area contributed by atoms with Crippen LogP contribution in [0.3, 0.4) is 0 Å².